The van der Waals surface area contributed by atoms with Crippen molar-refractivity contribution in [1.29, 1.82) is 0 Å². The van der Waals surface area contributed by atoms with Gasteiger partial charge in [0.1, 0.15) is 66.2 Å². The molecule has 0 spiro atoms. The fourth-order valence-corrected chi connectivity index (χ4v) is 11.2. The number of carbonyl (C=O) groups excluding carboxylic acids is 13. The zero-order valence-corrected chi connectivity index (χ0v) is 56.3. The summed E-state index contributed by atoms with van der Waals surface area (Å²) in [5, 5.41) is 51.4. The number of amides is 13. The molecule has 0 aromatic heterocycles. The van der Waals surface area contributed by atoms with Crippen molar-refractivity contribution in [2.45, 2.75) is 159 Å². The largest absolute Gasteiger partial charge is 0.508 e. The van der Waals surface area contributed by atoms with E-state index in [1.807, 2.05) is 30.3 Å². The molecule has 10 atom stereocenters. The Morgan fingerprint density at radius 1 is 0.667 bits per heavy atom. The molecule has 2 saturated heterocycles. The van der Waals surface area contributed by atoms with Gasteiger partial charge in [-0.2, -0.15) is 0 Å². The Bertz CT molecular complexity index is 3590. The predicted octanol–water partition coefficient (Wildman–Crippen LogP) is -2.39. The second kappa shape index (κ2) is 37.9. The summed E-state index contributed by atoms with van der Waals surface area (Å²) in [6.45, 7) is 4.44. The summed E-state index contributed by atoms with van der Waals surface area (Å²) >= 11 is 6.11. The topological polar surface area (TPSA) is 488 Å². The van der Waals surface area contributed by atoms with Gasteiger partial charge in [-0.05, 0) is 103 Å². The number of phenolic OH excluding ortho intramolecular Hbond substituents is 1. The maximum Gasteiger partial charge on any atom is 0.245 e. The number of primary amides is 1. The van der Waals surface area contributed by atoms with Gasteiger partial charge in [0.15, 0.2) is 5.96 Å². The Morgan fingerprint density at radius 2 is 1.27 bits per heavy atom. The third-order valence-corrected chi connectivity index (χ3v) is 16.6. The van der Waals surface area contributed by atoms with Gasteiger partial charge >= 0.3 is 0 Å². The highest BCUT2D eigenvalue weighted by Crippen LogP contribution is 2.22. The number of benzene rings is 4. The van der Waals surface area contributed by atoms with Crippen LogP contribution in [-0.2, 0) is 81.6 Å². The maximum absolute atomic E-state index is 15.1. The number of aliphatic hydroxyl groups is 1. The molecule has 0 bridgehead atoms. The molecular weight excluding hydrogens is 1300 g/mol. The lowest BCUT2D eigenvalue weighted by Gasteiger charge is -2.31. The zero-order chi connectivity index (χ0) is 72.5. The molecule has 2 aliphatic rings. The highest BCUT2D eigenvalue weighted by Gasteiger charge is 2.40. The highest BCUT2D eigenvalue weighted by atomic mass is 35.5. The minimum atomic E-state index is -1.88. The number of nitrogens with one attached hydrogen (secondary N) is 11. The van der Waals surface area contributed by atoms with E-state index in [0.29, 0.717) is 28.1 Å². The number of hydrogen-bond donors (Lipinski definition) is 16. The minimum absolute atomic E-state index is 0.00221. The first-order valence-corrected chi connectivity index (χ1v) is 32.9. The highest BCUT2D eigenvalue weighted by molar-refractivity contribution is 6.30. The van der Waals surface area contributed by atoms with Crippen LogP contribution in [0.2, 0.25) is 5.02 Å². The molecule has 6 rings (SSSR count). The average molecular weight is 1390 g/mol. The molecular formula is C67H89ClN16O15. The molecule has 2 fully saturated rings. The van der Waals surface area contributed by atoms with Crippen LogP contribution in [0.25, 0.3) is 10.8 Å². The summed E-state index contributed by atoms with van der Waals surface area (Å²) < 4.78 is 0. The lowest BCUT2D eigenvalue weighted by molar-refractivity contribution is -0.142. The van der Waals surface area contributed by atoms with Gasteiger partial charge < -0.3 is 90.8 Å². The van der Waals surface area contributed by atoms with Crippen molar-refractivity contribution in [3.8, 4) is 5.75 Å². The first kappa shape index (κ1) is 77.6. The molecule has 32 heteroatoms. The van der Waals surface area contributed by atoms with Crippen LogP contribution in [0.1, 0.15) is 95.8 Å². The molecule has 99 heavy (non-hydrogen) atoms. The number of aromatic hydroxyl groups is 1. The van der Waals surface area contributed by atoms with Crippen LogP contribution in [0.3, 0.4) is 0 Å². The van der Waals surface area contributed by atoms with E-state index in [4.69, 9.17) is 28.8 Å². The Balaban J connectivity index is 1.28. The van der Waals surface area contributed by atoms with Gasteiger partial charge in [-0.3, -0.25) is 67.3 Å². The van der Waals surface area contributed by atoms with E-state index in [9.17, 15) is 63.0 Å². The van der Waals surface area contributed by atoms with Gasteiger partial charge in [-0.1, -0.05) is 92.2 Å². The quantitative estimate of drug-likeness (QED) is 0.0160. The number of halogens is 1. The molecule has 19 N–H and O–H groups in total. The summed E-state index contributed by atoms with van der Waals surface area (Å²) in [7, 11) is 0. The fourth-order valence-electron chi connectivity index (χ4n) is 11.1. The number of aliphatic imine (C=N–C) groups is 1. The Kier molecular flexibility index (Phi) is 29.7. The third-order valence-electron chi connectivity index (χ3n) is 16.3. The third kappa shape index (κ3) is 24.9. The van der Waals surface area contributed by atoms with Crippen LogP contribution >= 0.6 is 11.6 Å². The van der Waals surface area contributed by atoms with Gasteiger partial charge in [0, 0.05) is 63.8 Å². The van der Waals surface area contributed by atoms with E-state index in [1.165, 1.54) is 36.1 Å². The van der Waals surface area contributed by atoms with Crippen molar-refractivity contribution in [2.24, 2.45) is 28.1 Å². The molecule has 4 aromatic carbocycles. The SMILES string of the molecule is CC(=O)N[C@H]1CC(=O)NCCCC(=O)N[C@@H](C(=O)N[C@@H](CO)C(=O)N[C@@H](Cc2ccc(O)cc2)C(=O)N[C@H](Cc2ccc3ccccc3c2)C(=O)N[C@H](CC(C)C)C(=O)N[C@@H](CCCN=C(N)N)C(=O)N2CCC[C@H]2C(=O)N[C@H](C)C(N)=O)CNC(=O)[C@@H](Cc2ccc(Cl)cc2)NC1=O. The van der Waals surface area contributed by atoms with Gasteiger partial charge in [0.2, 0.25) is 76.8 Å². The lowest BCUT2D eigenvalue weighted by Crippen LogP contribution is -2.62. The Labute approximate surface area is 576 Å². The Hall–Kier alpha value is -10.4. The summed E-state index contributed by atoms with van der Waals surface area (Å²) in [5.41, 5.74) is 18.0. The number of aliphatic hydroxyl groups excluding tert-OH is 1. The van der Waals surface area contributed by atoms with Crippen LogP contribution in [0.15, 0.2) is 96.0 Å². The summed E-state index contributed by atoms with van der Waals surface area (Å²) in [6, 6.07) is 10.2. The van der Waals surface area contributed by atoms with Gasteiger partial charge in [-0.25, -0.2) is 0 Å². The first-order chi connectivity index (χ1) is 47.1. The second-order valence-electron chi connectivity index (χ2n) is 24.8. The number of likely N-dealkylation sites (tertiary alicyclic amines) is 1. The zero-order valence-electron chi connectivity index (χ0n) is 55.5. The summed E-state index contributed by atoms with van der Waals surface area (Å²) in [6.07, 6.45) is -0.708. The smallest absolute Gasteiger partial charge is 0.245 e. The fraction of sp³-hybridized carbons (Fsp3) is 0.463. The summed E-state index contributed by atoms with van der Waals surface area (Å²) in [4.78, 5) is 185. The van der Waals surface area contributed by atoms with Crippen LogP contribution in [-0.4, -0.2) is 191 Å². The Morgan fingerprint density at radius 3 is 1.91 bits per heavy atom. The first-order valence-electron chi connectivity index (χ1n) is 32.6. The molecule has 2 heterocycles. The number of guanidine groups is 1. The number of rotatable bonds is 28. The number of fused-ring (bicyclic) bond motifs is 1. The van der Waals surface area contributed by atoms with E-state index >= 15 is 9.59 Å². The predicted molar refractivity (Wildman–Crippen MR) is 364 cm³/mol. The van der Waals surface area contributed by atoms with Crippen molar-refractivity contribution >= 4 is 105 Å². The number of phenols is 1. The number of nitrogens with two attached hydrogens (primary N) is 3. The van der Waals surface area contributed by atoms with Gasteiger partial charge in [0.05, 0.1) is 13.0 Å². The number of hydrogen-bond acceptors (Lipinski definition) is 16. The second-order valence-corrected chi connectivity index (χ2v) is 25.2. The van der Waals surface area contributed by atoms with Gasteiger partial charge in [-0.15, -0.1) is 0 Å². The van der Waals surface area contributed by atoms with Crippen LogP contribution < -0.4 is 75.7 Å². The summed E-state index contributed by atoms with van der Waals surface area (Å²) in [5.74, 6) is -11.5. The van der Waals surface area contributed by atoms with Crippen molar-refractivity contribution in [1.82, 2.24) is 63.4 Å². The molecule has 31 nitrogen and oxygen atoms in total. The molecule has 2 aliphatic heterocycles. The number of nitrogens with zero attached hydrogens (tertiary/aromatic N) is 2. The van der Waals surface area contributed by atoms with Crippen molar-refractivity contribution < 1.29 is 72.5 Å². The lowest BCUT2D eigenvalue weighted by atomic mass is 9.98. The van der Waals surface area contributed by atoms with E-state index in [0.717, 1.165) is 17.7 Å². The molecule has 0 unspecified atom stereocenters. The maximum atomic E-state index is 15.1. The molecule has 4 aromatic rings. The van der Waals surface area contributed by atoms with E-state index in [2.05, 4.69) is 63.5 Å². The van der Waals surface area contributed by atoms with E-state index in [1.54, 1.807) is 50.2 Å². The minimum Gasteiger partial charge on any atom is -0.508 e. The van der Waals surface area contributed by atoms with Crippen LogP contribution in [0, 0.1) is 5.92 Å². The standard InChI is InChI=1S/C67H89ClN16O15/c1-36(2)28-47(59(92)78-46(12-7-26-73-67(70)71)66(99)84-27-9-13-54(84)65(98)75-37(3)57(69)90)79-61(94)50(32-41-15-20-42-10-5-6-11-43(42)29-41)81-60(93)49(31-40-18-23-45(87)24-19-40)82-64(97)53(35-85)83-63(96)52-34-74-58(91)48(30-39-16-21-44(68)22-17-39)80-62(95)51(76-38(4)86)33-56(89)72-25-8-14-55(88)77-52/h5-6,10-11,15-24,29,36-37,46-54,85,87H,7-9,12-14,25-28,30-35H2,1-4H3,(H2,69,90)(H,72,89)(H,74,91)(H,75,98)(H,76,86)(H,77,88)(H,78,92)(H,79,94)(H,80,95)(H,81,93)(H,82,97)(H,83,96)(H4,70,71,73)/t37-,46+,47-,48-,49+,50-,51+,52-,53+,54+/m1/s1. The van der Waals surface area contributed by atoms with Crippen molar-refractivity contribution in [3.63, 3.8) is 0 Å². The molecule has 534 valence electrons. The normalized spacial score (nSPS) is 18.8. The average Bonchev–Trinajstić information content (AvgIpc) is 1.81. The van der Waals surface area contributed by atoms with Crippen molar-refractivity contribution in [2.75, 3.05) is 32.8 Å². The van der Waals surface area contributed by atoms with Crippen LogP contribution in [0.4, 0.5) is 0 Å². The van der Waals surface area contributed by atoms with E-state index in [-0.39, 0.29) is 95.0 Å². The molecule has 0 saturated carbocycles. The number of carbonyl (C=O) groups is 13. The molecule has 0 radical (unpaired) electrons. The molecule has 0 aliphatic carbocycles. The molecule has 13 amide bonds. The van der Waals surface area contributed by atoms with Crippen LogP contribution in [0.5, 0.6) is 5.75 Å². The van der Waals surface area contributed by atoms with E-state index < -0.39 is 157 Å². The van der Waals surface area contributed by atoms with Gasteiger partial charge in [0.25, 0.3) is 0 Å². The van der Waals surface area contributed by atoms with Crippen molar-refractivity contribution in [3.05, 3.63) is 113 Å². The monoisotopic (exact) mass is 1390 g/mol.